The van der Waals surface area contributed by atoms with E-state index >= 15 is 0 Å². The van der Waals surface area contributed by atoms with Crippen LogP contribution in [0.3, 0.4) is 0 Å². The molecule has 0 unspecified atom stereocenters. The first-order chi connectivity index (χ1) is 16.4. The highest BCUT2D eigenvalue weighted by molar-refractivity contribution is 6.11. The van der Waals surface area contributed by atoms with Crippen molar-refractivity contribution in [1.29, 1.82) is 0 Å². The number of aryl methyl sites for hydroxylation is 1. The van der Waals surface area contributed by atoms with Crippen molar-refractivity contribution >= 4 is 22.6 Å². The fraction of sp³-hybridized carbons (Fsp3) is 0.241. The van der Waals surface area contributed by atoms with Gasteiger partial charge in [-0.2, -0.15) is 0 Å². The van der Waals surface area contributed by atoms with E-state index in [1.807, 2.05) is 50.2 Å². The van der Waals surface area contributed by atoms with E-state index in [-0.39, 0.29) is 17.7 Å². The highest BCUT2D eigenvalue weighted by Crippen LogP contribution is 2.26. The molecule has 0 aliphatic carbocycles. The highest BCUT2D eigenvalue weighted by Gasteiger charge is 2.24. The summed E-state index contributed by atoms with van der Waals surface area (Å²) in [4.78, 5) is 29.3. The summed E-state index contributed by atoms with van der Waals surface area (Å²) in [6.07, 6.45) is 2.58. The Kier molecular flexibility index (Phi) is 7.24. The molecule has 4 aromatic rings. The molecule has 34 heavy (non-hydrogen) atoms. The molecule has 1 aromatic heterocycles. The van der Waals surface area contributed by atoms with Gasteiger partial charge in [-0.1, -0.05) is 66.2 Å². The molecule has 5 nitrogen and oxygen atoms in total. The number of fused-ring (bicyclic) bond motifs is 1. The molecule has 4 rings (SSSR count). The predicted octanol–water partition coefficient (Wildman–Crippen LogP) is 5.37. The molecule has 5 heteroatoms. The molecule has 1 heterocycles. The number of amides is 1. The van der Waals surface area contributed by atoms with Gasteiger partial charge >= 0.3 is 0 Å². The van der Waals surface area contributed by atoms with Gasteiger partial charge in [-0.05, 0) is 50.5 Å². The van der Waals surface area contributed by atoms with Crippen LogP contribution in [0.15, 0.2) is 79.0 Å². The van der Waals surface area contributed by atoms with Gasteiger partial charge in [-0.3, -0.25) is 9.59 Å². The molecule has 3 aromatic carbocycles. The lowest BCUT2D eigenvalue weighted by atomic mass is 9.96. The van der Waals surface area contributed by atoms with Crippen LogP contribution in [0.25, 0.3) is 10.9 Å². The van der Waals surface area contributed by atoms with Crippen molar-refractivity contribution in [2.45, 2.75) is 39.3 Å². The van der Waals surface area contributed by atoms with Gasteiger partial charge in [0.15, 0.2) is 5.78 Å². The summed E-state index contributed by atoms with van der Waals surface area (Å²) >= 11 is 0. The van der Waals surface area contributed by atoms with Crippen LogP contribution in [0, 0.1) is 6.92 Å². The number of hydrogen-bond acceptors (Lipinski definition) is 3. The van der Waals surface area contributed by atoms with Gasteiger partial charge in [0, 0.05) is 40.8 Å². The maximum Gasteiger partial charge on any atom is 0.251 e. The van der Waals surface area contributed by atoms with Crippen molar-refractivity contribution in [3.8, 4) is 0 Å². The summed E-state index contributed by atoms with van der Waals surface area (Å²) in [7, 11) is 0. The van der Waals surface area contributed by atoms with Gasteiger partial charge in [0.2, 0.25) is 0 Å². The normalized spacial score (nSPS) is 12.1. The third-order valence-electron chi connectivity index (χ3n) is 5.91. The number of benzene rings is 3. The zero-order valence-electron chi connectivity index (χ0n) is 19.9. The molecular weight excluding hydrogens is 422 g/mol. The predicted molar refractivity (Wildman–Crippen MR) is 137 cm³/mol. The summed E-state index contributed by atoms with van der Waals surface area (Å²) in [5.74, 6) is -0.125. The summed E-state index contributed by atoms with van der Waals surface area (Å²) in [6.45, 7) is 6.61. The molecule has 1 atom stereocenters. The average molecular weight is 454 g/mol. The molecule has 1 amide bonds. The van der Waals surface area contributed by atoms with Crippen LogP contribution in [-0.2, 0) is 6.42 Å². The maximum absolute atomic E-state index is 13.7. The Morgan fingerprint density at radius 2 is 1.68 bits per heavy atom. The molecule has 0 radical (unpaired) electrons. The van der Waals surface area contributed by atoms with E-state index in [1.165, 1.54) is 11.1 Å². The van der Waals surface area contributed by atoms with E-state index in [9.17, 15) is 9.59 Å². The number of rotatable bonds is 9. The number of Topliss-reactive ketones (excluding diaryl/α,β-unsaturated/α-hetero) is 1. The number of H-pyrrole nitrogens is 1. The fourth-order valence-corrected chi connectivity index (χ4v) is 4.10. The van der Waals surface area contributed by atoms with Crippen LogP contribution in [0.5, 0.6) is 0 Å². The maximum atomic E-state index is 13.7. The lowest BCUT2D eigenvalue weighted by molar-refractivity contribution is 0.0936. The van der Waals surface area contributed by atoms with Crippen LogP contribution >= 0.6 is 0 Å². The topological polar surface area (TPSA) is 74.0 Å². The minimum atomic E-state index is -0.463. The van der Waals surface area contributed by atoms with E-state index in [4.69, 9.17) is 0 Å². The molecule has 3 N–H and O–H groups in total. The zero-order valence-corrected chi connectivity index (χ0v) is 19.9. The second-order valence-corrected chi connectivity index (χ2v) is 8.99. The van der Waals surface area contributed by atoms with E-state index in [2.05, 4.69) is 46.8 Å². The number of carbonyl (C=O) groups is 2. The fourth-order valence-electron chi connectivity index (χ4n) is 4.10. The van der Waals surface area contributed by atoms with Gasteiger partial charge < -0.3 is 15.6 Å². The number of ketones is 1. The molecule has 0 saturated carbocycles. The second-order valence-electron chi connectivity index (χ2n) is 8.99. The minimum Gasteiger partial charge on any atom is -0.360 e. The van der Waals surface area contributed by atoms with Gasteiger partial charge in [0.05, 0.1) is 6.04 Å². The Morgan fingerprint density at radius 1 is 0.941 bits per heavy atom. The number of carbonyl (C=O) groups excluding carboxylic acids is 2. The van der Waals surface area contributed by atoms with Crippen molar-refractivity contribution in [1.82, 2.24) is 15.6 Å². The lowest BCUT2D eigenvalue weighted by Gasteiger charge is -2.18. The first-order valence-corrected chi connectivity index (χ1v) is 11.7. The smallest absolute Gasteiger partial charge is 0.251 e. The van der Waals surface area contributed by atoms with Crippen molar-refractivity contribution in [3.63, 3.8) is 0 Å². The Bertz CT molecular complexity index is 1270. The van der Waals surface area contributed by atoms with Crippen LogP contribution in [0.2, 0.25) is 0 Å². The number of aromatic nitrogens is 1. The number of hydrogen-bond donors (Lipinski definition) is 3. The zero-order chi connectivity index (χ0) is 24.1. The first kappa shape index (κ1) is 23.5. The molecule has 0 aliphatic rings. The van der Waals surface area contributed by atoms with E-state index in [0.29, 0.717) is 17.7 Å². The Balaban J connectivity index is 1.57. The molecule has 0 saturated heterocycles. The van der Waals surface area contributed by atoms with Gasteiger partial charge in [0.1, 0.15) is 0 Å². The van der Waals surface area contributed by atoms with Crippen LogP contribution in [0.1, 0.15) is 57.3 Å². The van der Waals surface area contributed by atoms with E-state index in [0.717, 1.165) is 22.9 Å². The summed E-state index contributed by atoms with van der Waals surface area (Å²) < 4.78 is 0. The van der Waals surface area contributed by atoms with Crippen LogP contribution in [0.4, 0.5) is 0 Å². The largest absolute Gasteiger partial charge is 0.360 e. The minimum absolute atomic E-state index is 0.000683. The lowest BCUT2D eigenvalue weighted by Crippen LogP contribution is -2.30. The molecule has 0 bridgehead atoms. The third kappa shape index (κ3) is 5.43. The average Bonchev–Trinajstić information content (AvgIpc) is 3.26. The van der Waals surface area contributed by atoms with Crippen LogP contribution < -0.4 is 10.6 Å². The number of aromatic amines is 1. The van der Waals surface area contributed by atoms with E-state index < -0.39 is 6.04 Å². The highest BCUT2D eigenvalue weighted by atomic mass is 16.1. The van der Waals surface area contributed by atoms with Crippen molar-refractivity contribution in [2.75, 3.05) is 6.54 Å². The third-order valence-corrected chi connectivity index (χ3v) is 5.91. The number of nitrogens with one attached hydrogen (secondary N) is 3. The summed E-state index contributed by atoms with van der Waals surface area (Å²) in [5.41, 5.74) is 5.35. The Hall–Kier alpha value is -3.70. The Labute approximate surface area is 200 Å². The summed E-state index contributed by atoms with van der Waals surface area (Å²) in [5, 5.41) is 7.19. The van der Waals surface area contributed by atoms with Crippen molar-refractivity contribution in [3.05, 3.63) is 107 Å². The Morgan fingerprint density at radius 3 is 2.38 bits per heavy atom. The van der Waals surface area contributed by atoms with Crippen molar-refractivity contribution in [2.24, 2.45) is 0 Å². The second kappa shape index (κ2) is 10.5. The monoisotopic (exact) mass is 453 g/mol. The molecule has 174 valence electrons. The van der Waals surface area contributed by atoms with E-state index in [1.54, 1.807) is 18.3 Å². The molecule has 0 spiro atoms. The quantitative estimate of drug-likeness (QED) is 0.298. The summed E-state index contributed by atoms with van der Waals surface area (Å²) in [6, 6.07) is 23.3. The standard InChI is InChI=1S/C29H31N3O2/c1-19(2)32-29(34)23-13-14-24-25(18-31-26(24)17-23)28(33)27(22-7-5-4-6-8-22)30-16-15-21-11-9-20(3)10-12-21/h4-14,17-19,27,30-31H,15-16H2,1-3H3,(H,32,34)/t27-/m1/s1. The SMILES string of the molecule is Cc1ccc(CCN[C@@H](C(=O)c2c[nH]c3cc(C(=O)NC(C)C)ccc23)c2ccccc2)cc1. The molecule has 0 fully saturated rings. The van der Waals surface area contributed by atoms with Gasteiger partial charge in [0.25, 0.3) is 5.91 Å². The van der Waals surface area contributed by atoms with Gasteiger partial charge in [-0.25, -0.2) is 0 Å². The molecular formula is C29H31N3O2. The van der Waals surface area contributed by atoms with Crippen molar-refractivity contribution < 1.29 is 9.59 Å². The van der Waals surface area contributed by atoms with Crippen LogP contribution in [-0.4, -0.2) is 29.3 Å². The first-order valence-electron chi connectivity index (χ1n) is 11.7. The molecule has 0 aliphatic heterocycles. The van der Waals surface area contributed by atoms with Gasteiger partial charge in [-0.15, -0.1) is 0 Å².